The monoisotopic (exact) mass is 353 g/mol. The summed E-state index contributed by atoms with van der Waals surface area (Å²) in [7, 11) is 0. The van der Waals surface area contributed by atoms with Gasteiger partial charge in [-0.25, -0.2) is 4.98 Å². The molecule has 0 spiro atoms. The minimum atomic E-state index is -4.68. The van der Waals surface area contributed by atoms with Gasteiger partial charge < -0.3 is 14.6 Å². The topological polar surface area (TPSA) is 58.2 Å². The van der Waals surface area contributed by atoms with E-state index in [0.717, 1.165) is 18.4 Å². The molecule has 2 heterocycles. The van der Waals surface area contributed by atoms with Gasteiger partial charge in [0.05, 0.1) is 6.20 Å². The predicted octanol–water partition coefficient (Wildman–Crippen LogP) is 3.64. The SMILES string of the molecule is Cc1ncc(C(=O)N2CCC(c3ccc(OC(F)(F)F)cc3)CC2)[nH]1. The van der Waals surface area contributed by atoms with Crippen LogP contribution in [-0.2, 0) is 0 Å². The van der Waals surface area contributed by atoms with E-state index in [4.69, 9.17) is 0 Å². The molecule has 1 saturated heterocycles. The van der Waals surface area contributed by atoms with Crippen molar-refractivity contribution in [2.24, 2.45) is 0 Å². The number of aryl methyl sites for hydroxylation is 1. The highest BCUT2D eigenvalue weighted by Gasteiger charge is 2.31. The first kappa shape index (κ1) is 17.3. The number of H-pyrrole nitrogens is 1. The Labute approximate surface area is 142 Å². The van der Waals surface area contributed by atoms with E-state index < -0.39 is 6.36 Å². The number of rotatable bonds is 3. The zero-order valence-corrected chi connectivity index (χ0v) is 13.6. The Kier molecular flexibility index (Phi) is 4.69. The van der Waals surface area contributed by atoms with Crippen molar-refractivity contribution in [2.45, 2.75) is 32.0 Å². The zero-order chi connectivity index (χ0) is 18.0. The van der Waals surface area contributed by atoms with E-state index in [1.165, 1.54) is 18.3 Å². The highest BCUT2D eigenvalue weighted by atomic mass is 19.4. The third-order valence-corrected chi connectivity index (χ3v) is 4.30. The van der Waals surface area contributed by atoms with E-state index >= 15 is 0 Å². The van der Waals surface area contributed by atoms with Gasteiger partial charge in [-0.15, -0.1) is 13.2 Å². The molecular weight excluding hydrogens is 335 g/mol. The maximum Gasteiger partial charge on any atom is 0.573 e. The molecule has 0 bridgehead atoms. The molecule has 0 radical (unpaired) electrons. The van der Waals surface area contributed by atoms with E-state index in [-0.39, 0.29) is 17.6 Å². The first-order chi connectivity index (χ1) is 11.8. The van der Waals surface area contributed by atoms with Crippen LogP contribution in [0.5, 0.6) is 5.75 Å². The number of hydrogen-bond donors (Lipinski definition) is 1. The van der Waals surface area contributed by atoms with Gasteiger partial charge in [0.2, 0.25) is 0 Å². The summed E-state index contributed by atoms with van der Waals surface area (Å²) in [5, 5.41) is 0. The van der Waals surface area contributed by atoms with Gasteiger partial charge in [-0.1, -0.05) is 12.1 Å². The van der Waals surface area contributed by atoms with Crippen LogP contribution in [-0.4, -0.2) is 40.2 Å². The van der Waals surface area contributed by atoms with Gasteiger partial charge in [0.1, 0.15) is 17.3 Å². The fourth-order valence-corrected chi connectivity index (χ4v) is 3.06. The van der Waals surface area contributed by atoms with Gasteiger partial charge in [0.25, 0.3) is 5.91 Å². The van der Waals surface area contributed by atoms with Crippen LogP contribution in [0, 0.1) is 6.92 Å². The fourth-order valence-electron chi connectivity index (χ4n) is 3.06. The summed E-state index contributed by atoms with van der Waals surface area (Å²) in [5.41, 5.74) is 1.43. The average molecular weight is 353 g/mol. The van der Waals surface area contributed by atoms with Crippen molar-refractivity contribution >= 4 is 5.91 Å². The minimum Gasteiger partial charge on any atom is -0.406 e. The molecule has 134 valence electrons. The summed E-state index contributed by atoms with van der Waals surface area (Å²) in [6.07, 6.45) is -1.63. The molecule has 1 N–H and O–H groups in total. The quantitative estimate of drug-likeness (QED) is 0.917. The molecular formula is C17H18F3N3O2. The summed E-state index contributed by atoms with van der Waals surface area (Å²) in [4.78, 5) is 21.1. The molecule has 8 heteroatoms. The third kappa shape index (κ3) is 4.32. The van der Waals surface area contributed by atoms with Crippen molar-refractivity contribution in [2.75, 3.05) is 13.1 Å². The van der Waals surface area contributed by atoms with Crippen molar-refractivity contribution in [1.82, 2.24) is 14.9 Å². The highest BCUT2D eigenvalue weighted by molar-refractivity contribution is 5.92. The Morgan fingerprint density at radius 2 is 1.88 bits per heavy atom. The van der Waals surface area contributed by atoms with Crippen LogP contribution in [0.15, 0.2) is 30.5 Å². The van der Waals surface area contributed by atoms with E-state index in [9.17, 15) is 18.0 Å². The van der Waals surface area contributed by atoms with Crippen molar-refractivity contribution in [3.8, 4) is 5.75 Å². The number of nitrogens with zero attached hydrogens (tertiary/aromatic N) is 2. The lowest BCUT2D eigenvalue weighted by molar-refractivity contribution is -0.274. The van der Waals surface area contributed by atoms with E-state index in [1.54, 1.807) is 24.0 Å². The molecule has 3 rings (SSSR count). The number of likely N-dealkylation sites (tertiary alicyclic amines) is 1. The molecule has 1 aromatic carbocycles. The van der Waals surface area contributed by atoms with Crippen LogP contribution in [0.2, 0.25) is 0 Å². The summed E-state index contributed by atoms with van der Waals surface area (Å²) < 4.78 is 40.5. The summed E-state index contributed by atoms with van der Waals surface area (Å²) in [6, 6.07) is 5.96. The smallest absolute Gasteiger partial charge is 0.406 e. The second kappa shape index (κ2) is 6.78. The second-order valence-corrected chi connectivity index (χ2v) is 6.07. The van der Waals surface area contributed by atoms with Crippen molar-refractivity contribution in [1.29, 1.82) is 0 Å². The Hall–Kier alpha value is -2.51. The van der Waals surface area contributed by atoms with Gasteiger partial charge in [0, 0.05) is 13.1 Å². The van der Waals surface area contributed by atoms with Crippen LogP contribution in [0.4, 0.5) is 13.2 Å². The maximum atomic E-state index is 12.4. The lowest BCUT2D eigenvalue weighted by atomic mass is 9.89. The molecule has 25 heavy (non-hydrogen) atoms. The van der Waals surface area contributed by atoms with Crippen molar-refractivity contribution < 1.29 is 22.7 Å². The van der Waals surface area contributed by atoms with Gasteiger partial charge in [-0.2, -0.15) is 0 Å². The van der Waals surface area contributed by atoms with Crippen LogP contribution in [0.3, 0.4) is 0 Å². The van der Waals surface area contributed by atoms with Crippen LogP contribution < -0.4 is 4.74 Å². The number of piperidine rings is 1. The van der Waals surface area contributed by atoms with Gasteiger partial charge >= 0.3 is 6.36 Å². The number of aromatic nitrogens is 2. The van der Waals surface area contributed by atoms with Crippen molar-refractivity contribution in [3.63, 3.8) is 0 Å². The van der Waals surface area contributed by atoms with E-state index in [0.29, 0.717) is 24.6 Å². The normalized spacial score (nSPS) is 16.1. The van der Waals surface area contributed by atoms with Crippen LogP contribution in [0.1, 0.15) is 40.6 Å². The molecule has 1 aromatic heterocycles. The van der Waals surface area contributed by atoms with Gasteiger partial charge in [0.15, 0.2) is 0 Å². The van der Waals surface area contributed by atoms with Crippen LogP contribution >= 0.6 is 0 Å². The number of carbonyl (C=O) groups is 1. The number of hydrogen-bond acceptors (Lipinski definition) is 3. The first-order valence-electron chi connectivity index (χ1n) is 7.98. The number of amides is 1. The molecule has 2 aromatic rings. The molecule has 0 aliphatic carbocycles. The first-order valence-corrected chi connectivity index (χ1v) is 7.98. The van der Waals surface area contributed by atoms with E-state index in [2.05, 4.69) is 14.7 Å². The largest absolute Gasteiger partial charge is 0.573 e. The van der Waals surface area contributed by atoms with Crippen molar-refractivity contribution in [3.05, 3.63) is 47.5 Å². The predicted molar refractivity (Wildman–Crippen MR) is 84.3 cm³/mol. The number of alkyl halides is 3. The summed E-state index contributed by atoms with van der Waals surface area (Å²) in [5.74, 6) is 0.610. The third-order valence-electron chi connectivity index (χ3n) is 4.30. The fraction of sp³-hybridized carbons (Fsp3) is 0.412. The summed E-state index contributed by atoms with van der Waals surface area (Å²) >= 11 is 0. The maximum absolute atomic E-state index is 12.4. The Balaban J connectivity index is 1.58. The Bertz CT molecular complexity index is 732. The minimum absolute atomic E-state index is 0.0759. The molecule has 1 aliphatic rings. The molecule has 1 fully saturated rings. The number of halogens is 3. The molecule has 1 amide bonds. The number of carbonyl (C=O) groups excluding carboxylic acids is 1. The molecule has 0 saturated carbocycles. The average Bonchev–Trinajstić information content (AvgIpc) is 3.00. The number of ether oxygens (including phenoxy) is 1. The molecule has 1 aliphatic heterocycles. The number of nitrogens with one attached hydrogen (secondary N) is 1. The lowest BCUT2D eigenvalue weighted by Crippen LogP contribution is -2.38. The standard InChI is InChI=1S/C17H18F3N3O2/c1-11-21-10-15(22-11)16(24)23-8-6-13(7-9-23)12-2-4-14(5-3-12)25-17(18,19)20/h2-5,10,13H,6-9H2,1H3,(H,21,22). The number of imidazole rings is 1. The van der Waals surface area contributed by atoms with Gasteiger partial charge in [-0.3, -0.25) is 4.79 Å². The number of aromatic amines is 1. The Morgan fingerprint density at radius 3 is 2.40 bits per heavy atom. The molecule has 5 nitrogen and oxygen atoms in total. The van der Waals surface area contributed by atoms with E-state index in [1.807, 2.05) is 0 Å². The second-order valence-electron chi connectivity index (χ2n) is 6.07. The molecule has 0 unspecified atom stereocenters. The highest BCUT2D eigenvalue weighted by Crippen LogP contribution is 2.31. The number of benzene rings is 1. The lowest BCUT2D eigenvalue weighted by Gasteiger charge is -2.32. The Morgan fingerprint density at radius 1 is 1.24 bits per heavy atom. The van der Waals surface area contributed by atoms with Crippen LogP contribution in [0.25, 0.3) is 0 Å². The van der Waals surface area contributed by atoms with Gasteiger partial charge in [-0.05, 0) is 43.4 Å². The molecule has 0 atom stereocenters. The summed E-state index contributed by atoms with van der Waals surface area (Å²) in [6.45, 7) is 2.99. The zero-order valence-electron chi connectivity index (χ0n) is 13.6.